The number of aryl methyl sites for hydroxylation is 1. The van der Waals surface area contributed by atoms with E-state index >= 15 is 0 Å². The predicted molar refractivity (Wildman–Crippen MR) is 133 cm³/mol. The lowest BCUT2D eigenvalue weighted by atomic mass is 10.1. The molecule has 174 valence electrons. The Bertz CT molecular complexity index is 1500. The van der Waals surface area contributed by atoms with Crippen LogP contribution in [-0.2, 0) is 23.0 Å². The van der Waals surface area contributed by atoms with E-state index in [0.717, 1.165) is 17.5 Å². The van der Waals surface area contributed by atoms with E-state index in [0.29, 0.717) is 17.7 Å². The van der Waals surface area contributed by atoms with E-state index in [-0.39, 0.29) is 15.8 Å². The lowest BCUT2D eigenvalue weighted by Gasteiger charge is -2.17. The summed E-state index contributed by atoms with van der Waals surface area (Å²) in [7, 11) is -2.31. The third-order valence-electron chi connectivity index (χ3n) is 5.62. The fourth-order valence-corrected chi connectivity index (χ4v) is 4.77. The lowest BCUT2D eigenvalue weighted by Crippen LogP contribution is -2.30. The number of aromatic nitrogens is 1. The molecule has 2 N–H and O–H groups in total. The number of amides is 1. The molecule has 0 saturated carbocycles. The average molecular weight is 476 g/mol. The molecule has 0 aliphatic carbocycles. The second-order valence-corrected chi connectivity index (χ2v) is 9.72. The van der Waals surface area contributed by atoms with Crippen LogP contribution in [-0.4, -0.2) is 31.3 Å². The maximum atomic E-state index is 13.2. The first-order chi connectivity index (χ1) is 16.3. The summed E-state index contributed by atoms with van der Waals surface area (Å²) in [6, 6.07) is 20.8. The smallest absolute Gasteiger partial charge is 0.261 e. The quantitative estimate of drug-likeness (QED) is 0.419. The Morgan fingerprint density at radius 2 is 1.68 bits per heavy atom. The second-order valence-electron chi connectivity index (χ2n) is 8.04. The van der Waals surface area contributed by atoms with Crippen LogP contribution in [0.5, 0.6) is 0 Å². The maximum absolute atomic E-state index is 13.2. The molecule has 0 radical (unpaired) electrons. The highest BCUT2D eigenvalue weighted by Crippen LogP contribution is 2.20. The average Bonchev–Trinajstić information content (AvgIpc) is 2.84. The molecule has 0 aliphatic heterocycles. The largest absolute Gasteiger partial charge is 0.360 e. The van der Waals surface area contributed by atoms with Crippen LogP contribution in [0.15, 0.2) is 88.7 Å². The van der Waals surface area contributed by atoms with Crippen LogP contribution in [0, 0.1) is 0 Å². The van der Waals surface area contributed by atoms with Gasteiger partial charge >= 0.3 is 0 Å². The monoisotopic (exact) mass is 475 g/mol. The predicted octanol–water partition coefficient (Wildman–Crippen LogP) is 4.16. The Morgan fingerprint density at radius 3 is 2.35 bits per heavy atom. The molecule has 8 heteroatoms. The van der Waals surface area contributed by atoms with Gasteiger partial charge in [0.05, 0.1) is 4.90 Å². The van der Waals surface area contributed by atoms with Crippen LogP contribution >= 0.6 is 0 Å². The van der Waals surface area contributed by atoms with Crippen molar-refractivity contribution in [1.82, 2.24) is 9.88 Å². The van der Waals surface area contributed by atoms with Gasteiger partial charge in [-0.3, -0.25) is 14.3 Å². The minimum Gasteiger partial charge on any atom is -0.360 e. The van der Waals surface area contributed by atoms with Crippen LogP contribution in [0.1, 0.15) is 28.4 Å². The third kappa shape index (κ3) is 4.87. The molecule has 4 aromatic rings. The molecule has 34 heavy (non-hydrogen) atoms. The van der Waals surface area contributed by atoms with E-state index in [9.17, 15) is 18.0 Å². The van der Waals surface area contributed by atoms with Crippen molar-refractivity contribution in [3.05, 3.63) is 106 Å². The summed E-state index contributed by atoms with van der Waals surface area (Å²) in [6.45, 7) is 2.36. The number of hydrogen-bond donors (Lipinski definition) is 2. The zero-order valence-electron chi connectivity index (χ0n) is 18.9. The summed E-state index contributed by atoms with van der Waals surface area (Å²) < 4.78 is 28.4. The van der Waals surface area contributed by atoms with Gasteiger partial charge in [0.1, 0.15) is 5.56 Å². The number of carbonyl (C=O) groups excluding carboxylic acids is 1. The van der Waals surface area contributed by atoms with Crippen molar-refractivity contribution in [2.24, 2.45) is 0 Å². The Morgan fingerprint density at radius 1 is 0.971 bits per heavy atom. The first-order valence-corrected chi connectivity index (χ1v) is 12.3. The normalized spacial score (nSPS) is 11.4. The zero-order valence-corrected chi connectivity index (χ0v) is 19.7. The third-order valence-corrected chi connectivity index (χ3v) is 7.00. The minimum atomic E-state index is -3.93. The molecule has 0 saturated heterocycles. The van der Waals surface area contributed by atoms with Gasteiger partial charge in [-0.2, -0.15) is 0 Å². The Labute approximate surface area is 198 Å². The summed E-state index contributed by atoms with van der Waals surface area (Å²) in [4.78, 5) is 30.4. The molecule has 3 aromatic carbocycles. The van der Waals surface area contributed by atoms with Gasteiger partial charge in [-0.1, -0.05) is 49.4 Å². The maximum Gasteiger partial charge on any atom is 0.261 e. The van der Waals surface area contributed by atoms with Gasteiger partial charge in [-0.25, -0.2) is 8.42 Å². The summed E-state index contributed by atoms with van der Waals surface area (Å²) in [5, 5.41) is 0.128. The number of rotatable bonds is 7. The topological polar surface area (TPSA) is 99.3 Å². The van der Waals surface area contributed by atoms with Crippen molar-refractivity contribution in [3.8, 4) is 0 Å². The van der Waals surface area contributed by atoms with E-state index in [1.807, 2.05) is 49.4 Å². The highest BCUT2D eigenvalue weighted by molar-refractivity contribution is 7.92. The summed E-state index contributed by atoms with van der Waals surface area (Å²) >= 11 is 0. The molecular weight excluding hydrogens is 450 g/mol. The van der Waals surface area contributed by atoms with Gasteiger partial charge < -0.3 is 9.88 Å². The molecule has 1 aromatic heterocycles. The van der Waals surface area contributed by atoms with Gasteiger partial charge in [0, 0.05) is 36.4 Å². The fourth-order valence-electron chi connectivity index (χ4n) is 3.68. The molecule has 0 atom stereocenters. The van der Waals surface area contributed by atoms with Gasteiger partial charge in [-0.15, -0.1) is 0 Å². The van der Waals surface area contributed by atoms with E-state index < -0.39 is 21.4 Å². The standard InChI is InChI=1S/C26H25N3O4S/c1-3-18-9-11-20(12-10-18)28-34(32,33)21-13-14-24-22(15-21)25(30)23(16-27-24)26(31)29(2)17-19-7-5-4-6-8-19/h4-16,28H,3,17H2,1-2H3,(H,27,30). The Kier molecular flexibility index (Phi) is 6.51. The molecule has 0 unspecified atom stereocenters. The number of fused-ring (bicyclic) bond motifs is 1. The molecule has 0 spiro atoms. The number of nitrogens with zero attached hydrogens (tertiary/aromatic N) is 1. The van der Waals surface area contributed by atoms with Gasteiger partial charge in [0.25, 0.3) is 15.9 Å². The first-order valence-electron chi connectivity index (χ1n) is 10.8. The molecule has 1 amide bonds. The number of pyridine rings is 1. The van der Waals surface area contributed by atoms with Gasteiger partial charge in [-0.05, 0) is 47.9 Å². The van der Waals surface area contributed by atoms with Crippen LogP contribution in [0.2, 0.25) is 0 Å². The van der Waals surface area contributed by atoms with Crippen LogP contribution in [0.25, 0.3) is 10.9 Å². The van der Waals surface area contributed by atoms with E-state index in [2.05, 4.69) is 9.71 Å². The van der Waals surface area contributed by atoms with Crippen molar-refractivity contribution in [2.75, 3.05) is 11.8 Å². The fraction of sp³-hybridized carbons (Fsp3) is 0.154. The van der Waals surface area contributed by atoms with Crippen molar-refractivity contribution in [1.29, 1.82) is 0 Å². The van der Waals surface area contributed by atoms with E-state index in [1.165, 1.54) is 29.3 Å². The highest BCUT2D eigenvalue weighted by atomic mass is 32.2. The molecule has 0 bridgehead atoms. The number of anilines is 1. The van der Waals surface area contributed by atoms with Gasteiger partial charge in [0.15, 0.2) is 0 Å². The number of aromatic amines is 1. The van der Waals surface area contributed by atoms with Gasteiger partial charge in [0.2, 0.25) is 5.43 Å². The Hall–Kier alpha value is -3.91. The van der Waals surface area contributed by atoms with Crippen molar-refractivity contribution in [3.63, 3.8) is 0 Å². The molecule has 0 aliphatic rings. The van der Waals surface area contributed by atoms with Crippen LogP contribution < -0.4 is 10.2 Å². The molecular formula is C26H25N3O4S. The minimum absolute atomic E-state index is 0.0522. The van der Waals surface area contributed by atoms with Crippen molar-refractivity contribution in [2.45, 2.75) is 24.8 Å². The SMILES string of the molecule is CCc1ccc(NS(=O)(=O)c2ccc3[nH]cc(C(=O)N(C)Cc4ccccc4)c(=O)c3c2)cc1. The molecule has 0 fully saturated rings. The summed E-state index contributed by atoms with van der Waals surface area (Å²) in [5.41, 5.74) is 2.32. The zero-order chi connectivity index (χ0) is 24.3. The Balaban J connectivity index is 1.64. The first kappa shape index (κ1) is 23.3. The van der Waals surface area contributed by atoms with E-state index in [1.54, 1.807) is 19.2 Å². The molecule has 1 heterocycles. The molecule has 7 nitrogen and oxygen atoms in total. The van der Waals surface area contributed by atoms with Crippen molar-refractivity contribution >= 4 is 32.5 Å². The number of carbonyl (C=O) groups is 1. The van der Waals surface area contributed by atoms with Crippen LogP contribution in [0.4, 0.5) is 5.69 Å². The summed E-state index contributed by atoms with van der Waals surface area (Å²) in [5.74, 6) is -0.450. The number of hydrogen-bond acceptors (Lipinski definition) is 4. The number of H-pyrrole nitrogens is 1. The van der Waals surface area contributed by atoms with Crippen LogP contribution in [0.3, 0.4) is 0 Å². The molecule has 4 rings (SSSR count). The lowest BCUT2D eigenvalue weighted by molar-refractivity contribution is 0.0783. The number of nitrogens with one attached hydrogen (secondary N) is 2. The highest BCUT2D eigenvalue weighted by Gasteiger charge is 2.20. The number of benzene rings is 3. The summed E-state index contributed by atoms with van der Waals surface area (Å²) in [6.07, 6.45) is 2.22. The van der Waals surface area contributed by atoms with E-state index in [4.69, 9.17) is 0 Å². The second kappa shape index (κ2) is 9.52. The number of sulfonamides is 1. The van der Waals surface area contributed by atoms with Crippen molar-refractivity contribution < 1.29 is 13.2 Å².